The summed E-state index contributed by atoms with van der Waals surface area (Å²) in [6.07, 6.45) is 1.80. The van der Waals surface area contributed by atoms with Crippen LogP contribution >= 0.6 is 0 Å². The van der Waals surface area contributed by atoms with Crippen molar-refractivity contribution in [3.63, 3.8) is 0 Å². The van der Waals surface area contributed by atoms with Gasteiger partial charge in [-0.15, -0.1) is 0 Å². The summed E-state index contributed by atoms with van der Waals surface area (Å²) in [7, 11) is 0. The molecule has 1 heterocycles. The molecule has 3 rings (SSSR count). The number of benzene rings is 2. The number of aryl methyl sites for hydroxylation is 2. The highest BCUT2D eigenvalue weighted by Crippen LogP contribution is 2.28. The van der Waals surface area contributed by atoms with Crippen molar-refractivity contribution in [2.24, 2.45) is 0 Å². The van der Waals surface area contributed by atoms with Crippen molar-refractivity contribution in [2.45, 2.75) is 13.8 Å². The third-order valence-electron chi connectivity index (χ3n) is 3.18. The number of oxazole rings is 1. The van der Waals surface area contributed by atoms with E-state index >= 15 is 0 Å². The lowest BCUT2D eigenvalue weighted by atomic mass is 10.0. The van der Waals surface area contributed by atoms with Gasteiger partial charge in [0.1, 0.15) is 0 Å². The Morgan fingerprint density at radius 1 is 0.947 bits per heavy atom. The molecule has 0 saturated heterocycles. The van der Waals surface area contributed by atoms with Crippen LogP contribution in [0.15, 0.2) is 59.1 Å². The predicted octanol–water partition coefficient (Wildman–Crippen LogP) is 4.63. The summed E-state index contributed by atoms with van der Waals surface area (Å²) in [6.45, 7) is 4.16. The number of hydrogen-bond acceptors (Lipinski definition) is 2. The van der Waals surface area contributed by atoms with Crippen molar-refractivity contribution in [2.75, 3.05) is 0 Å². The summed E-state index contributed by atoms with van der Waals surface area (Å²) >= 11 is 0. The van der Waals surface area contributed by atoms with Gasteiger partial charge in [0.05, 0.1) is 6.20 Å². The molecule has 0 N–H and O–H groups in total. The molecule has 0 spiro atoms. The first kappa shape index (κ1) is 11.7. The van der Waals surface area contributed by atoms with Gasteiger partial charge in [0, 0.05) is 11.1 Å². The molecule has 0 aliphatic heterocycles. The average Bonchev–Trinajstić information content (AvgIpc) is 2.92. The van der Waals surface area contributed by atoms with Crippen molar-refractivity contribution < 1.29 is 4.42 Å². The minimum absolute atomic E-state index is 0.663. The maximum atomic E-state index is 5.88. The van der Waals surface area contributed by atoms with Crippen LogP contribution in [0.25, 0.3) is 22.8 Å². The topological polar surface area (TPSA) is 26.0 Å². The molecule has 0 atom stereocenters. The minimum Gasteiger partial charge on any atom is -0.436 e. The van der Waals surface area contributed by atoms with E-state index in [1.807, 2.05) is 30.3 Å². The summed E-state index contributed by atoms with van der Waals surface area (Å²) in [5, 5.41) is 0. The van der Waals surface area contributed by atoms with Crippen LogP contribution in [0.1, 0.15) is 11.1 Å². The van der Waals surface area contributed by atoms with Crippen LogP contribution in [0.3, 0.4) is 0 Å². The smallest absolute Gasteiger partial charge is 0.226 e. The van der Waals surface area contributed by atoms with Crippen LogP contribution in [-0.2, 0) is 0 Å². The molecule has 3 aromatic rings. The van der Waals surface area contributed by atoms with E-state index in [2.05, 4.69) is 37.0 Å². The average molecular weight is 249 g/mol. The van der Waals surface area contributed by atoms with Gasteiger partial charge in [0.25, 0.3) is 0 Å². The SMILES string of the molecule is Cc1ccc(C)c(-c2cnc(-c3ccccc3)o2)c1. The number of hydrogen-bond donors (Lipinski definition) is 0. The Bertz CT molecular complexity index is 698. The highest BCUT2D eigenvalue weighted by molar-refractivity contribution is 5.64. The van der Waals surface area contributed by atoms with Gasteiger partial charge in [-0.2, -0.15) is 0 Å². The molecule has 0 fully saturated rings. The monoisotopic (exact) mass is 249 g/mol. The molecule has 19 heavy (non-hydrogen) atoms. The fraction of sp³-hybridized carbons (Fsp3) is 0.118. The number of aromatic nitrogens is 1. The van der Waals surface area contributed by atoms with Gasteiger partial charge in [0.2, 0.25) is 5.89 Å². The summed E-state index contributed by atoms with van der Waals surface area (Å²) in [5.74, 6) is 1.48. The quantitative estimate of drug-likeness (QED) is 0.662. The van der Waals surface area contributed by atoms with E-state index in [4.69, 9.17) is 4.42 Å². The number of rotatable bonds is 2. The molecule has 0 radical (unpaired) electrons. The van der Waals surface area contributed by atoms with Gasteiger partial charge in [-0.3, -0.25) is 0 Å². The second-order valence-electron chi connectivity index (χ2n) is 4.71. The maximum absolute atomic E-state index is 5.88. The molecule has 0 aliphatic carbocycles. The largest absolute Gasteiger partial charge is 0.436 e. The van der Waals surface area contributed by atoms with Gasteiger partial charge in [-0.25, -0.2) is 4.98 Å². The third-order valence-corrected chi connectivity index (χ3v) is 3.18. The Kier molecular flexibility index (Phi) is 2.92. The molecular weight excluding hydrogens is 234 g/mol. The van der Waals surface area contributed by atoms with Crippen LogP contribution in [0, 0.1) is 13.8 Å². The molecule has 0 aliphatic rings. The van der Waals surface area contributed by atoms with E-state index in [1.165, 1.54) is 11.1 Å². The Balaban J connectivity index is 2.04. The molecule has 0 amide bonds. The van der Waals surface area contributed by atoms with E-state index in [0.717, 1.165) is 16.9 Å². The zero-order chi connectivity index (χ0) is 13.2. The van der Waals surface area contributed by atoms with E-state index in [9.17, 15) is 0 Å². The Hall–Kier alpha value is -2.35. The highest BCUT2D eigenvalue weighted by atomic mass is 16.4. The van der Waals surface area contributed by atoms with Gasteiger partial charge in [-0.05, 0) is 37.6 Å². The zero-order valence-corrected chi connectivity index (χ0v) is 11.1. The van der Waals surface area contributed by atoms with E-state index in [0.29, 0.717) is 5.89 Å². The molecule has 94 valence electrons. The summed E-state index contributed by atoms with van der Waals surface area (Å²) in [4.78, 5) is 4.37. The van der Waals surface area contributed by atoms with Crippen LogP contribution in [-0.4, -0.2) is 4.98 Å². The van der Waals surface area contributed by atoms with E-state index < -0.39 is 0 Å². The van der Waals surface area contributed by atoms with Crippen molar-refractivity contribution >= 4 is 0 Å². The summed E-state index contributed by atoms with van der Waals surface area (Å²) in [5.41, 5.74) is 4.52. The standard InChI is InChI=1S/C17H15NO/c1-12-8-9-13(2)15(10-12)16-11-18-17(19-16)14-6-4-3-5-7-14/h3-11H,1-2H3. The van der Waals surface area contributed by atoms with Crippen molar-refractivity contribution in [3.05, 3.63) is 65.9 Å². The van der Waals surface area contributed by atoms with Crippen LogP contribution in [0.4, 0.5) is 0 Å². The summed E-state index contributed by atoms with van der Waals surface area (Å²) in [6, 6.07) is 16.3. The molecule has 2 heteroatoms. The molecule has 2 aromatic carbocycles. The minimum atomic E-state index is 0.663. The third kappa shape index (κ3) is 2.29. The van der Waals surface area contributed by atoms with Crippen LogP contribution < -0.4 is 0 Å². The van der Waals surface area contributed by atoms with Gasteiger partial charge >= 0.3 is 0 Å². The van der Waals surface area contributed by atoms with Gasteiger partial charge in [0.15, 0.2) is 5.76 Å². The molecule has 1 aromatic heterocycles. The second-order valence-corrected chi connectivity index (χ2v) is 4.71. The number of nitrogens with zero attached hydrogens (tertiary/aromatic N) is 1. The van der Waals surface area contributed by atoms with E-state index in [-0.39, 0.29) is 0 Å². The molecule has 0 bridgehead atoms. The second kappa shape index (κ2) is 4.73. The van der Waals surface area contributed by atoms with Crippen LogP contribution in [0.5, 0.6) is 0 Å². The van der Waals surface area contributed by atoms with Crippen molar-refractivity contribution in [1.82, 2.24) is 4.98 Å². The predicted molar refractivity (Wildman–Crippen MR) is 76.8 cm³/mol. The van der Waals surface area contributed by atoms with Crippen molar-refractivity contribution in [1.29, 1.82) is 0 Å². The first-order chi connectivity index (χ1) is 9.24. The van der Waals surface area contributed by atoms with E-state index in [1.54, 1.807) is 6.20 Å². The Morgan fingerprint density at radius 3 is 2.53 bits per heavy atom. The molecule has 2 nitrogen and oxygen atoms in total. The molecular formula is C17H15NO. The highest BCUT2D eigenvalue weighted by Gasteiger charge is 2.10. The summed E-state index contributed by atoms with van der Waals surface area (Å²) < 4.78 is 5.88. The normalized spacial score (nSPS) is 10.6. The van der Waals surface area contributed by atoms with Gasteiger partial charge < -0.3 is 4.42 Å². The van der Waals surface area contributed by atoms with Crippen molar-refractivity contribution in [3.8, 4) is 22.8 Å². The lowest BCUT2D eigenvalue weighted by Crippen LogP contribution is -1.82. The fourth-order valence-corrected chi connectivity index (χ4v) is 2.11. The van der Waals surface area contributed by atoms with Crippen LogP contribution in [0.2, 0.25) is 0 Å². The first-order valence-electron chi connectivity index (χ1n) is 6.33. The molecule has 0 saturated carbocycles. The Labute approximate surface area is 112 Å². The molecule has 0 unspecified atom stereocenters. The lowest BCUT2D eigenvalue weighted by Gasteiger charge is -2.03. The Morgan fingerprint density at radius 2 is 1.74 bits per heavy atom. The maximum Gasteiger partial charge on any atom is 0.226 e. The van der Waals surface area contributed by atoms with Gasteiger partial charge in [-0.1, -0.05) is 35.9 Å². The lowest BCUT2D eigenvalue weighted by molar-refractivity contribution is 0.588. The fourth-order valence-electron chi connectivity index (χ4n) is 2.11. The first-order valence-corrected chi connectivity index (χ1v) is 6.33. The zero-order valence-electron chi connectivity index (χ0n) is 11.1.